The summed E-state index contributed by atoms with van der Waals surface area (Å²) in [6, 6.07) is 11.0. The highest BCUT2D eigenvalue weighted by molar-refractivity contribution is 5.71. The molecule has 0 saturated heterocycles. The Hall–Kier alpha value is -2.89. The third kappa shape index (κ3) is 7.36. The summed E-state index contributed by atoms with van der Waals surface area (Å²) in [4.78, 5) is 0. The van der Waals surface area contributed by atoms with E-state index < -0.39 is 40.6 Å². The molecule has 0 aliphatic heterocycles. The minimum absolute atomic E-state index is 0. The Morgan fingerprint density at radius 2 is 1.32 bits per heavy atom. The molecule has 0 unspecified atom stereocenters. The molecule has 1 aliphatic carbocycles. The summed E-state index contributed by atoms with van der Waals surface area (Å²) >= 11 is 0. The lowest BCUT2D eigenvalue weighted by molar-refractivity contribution is 0.249. The standard InChI is InChI=1S/C31H33F5O.CH4/c1-2-3-4-5-20-6-8-21(9-7-20)10-11-22-12-14-23(15-13-22)25-16-17-26(32)30(36)31(25)37-24-18-27(33)29(35)28(34)19-24;/h12-21H,2-11H2,1H3;1H4. The molecule has 3 aromatic rings. The monoisotopic (exact) mass is 532 g/mol. The molecule has 0 heterocycles. The van der Waals surface area contributed by atoms with Crippen LogP contribution in [0.1, 0.15) is 77.7 Å². The van der Waals surface area contributed by atoms with Crippen LogP contribution in [-0.2, 0) is 6.42 Å². The molecule has 1 aliphatic rings. The van der Waals surface area contributed by atoms with E-state index in [0.717, 1.165) is 36.3 Å². The van der Waals surface area contributed by atoms with Gasteiger partial charge in [-0.2, -0.15) is 4.39 Å². The molecule has 1 fully saturated rings. The summed E-state index contributed by atoms with van der Waals surface area (Å²) in [5.74, 6) is -6.46. The Balaban J connectivity index is 0.00000400. The minimum atomic E-state index is -1.66. The van der Waals surface area contributed by atoms with E-state index in [1.165, 1.54) is 57.4 Å². The van der Waals surface area contributed by atoms with Crippen LogP contribution in [0.3, 0.4) is 0 Å². The van der Waals surface area contributed by atoms with Crippen LogP contribution in [0.25, 0.3) is 11.1 Å². The fraction of sp³-hybridized carbons (Fsp3) is 0.438. The van der Waals surface area contributed by atoms with Crippen molar-refractivity contribution in [1.82, 2.24) is 0 Å². The van der Waals surface area contributed by atoms with Crippen LogP contribution in [0.4, 0.5) is 22.0 Å². The molecule has 0 amide bonds. The van der Waals surface area contributed by atoms with Gasteiger partial charge in [-0.1, -0.05) is 90.0 Å². The summed E-state index contributed by atoms with van der Waals surface area (Å²) in [5.41, 5.74) is 1.94. The molecule has 0 radical (unpaired) electrons. The maximum Gasteiger partial charge on any atom is 0.201 e. The Bertz CT molecular complexity index is 1160. The highest BCUT2D eigenvalue weighted by Gasteiger charge is 2.22. The van der Waals surface area contributed by atoms with Gasteiger partial charge >= 0.3 is 0 Å². The molecule has 6 heteroatoms. The molecule has 3 aromatic carbocycles. The third-order valence-corrected chi connectivity index (χ3v) is 7.52. The average molecular weight is 533 g/mol. The summed E-state index contributed by atoms with van der Waals surface area (Å²) in [7, 11) is 0. The first-order valence-corrected chi connectivity index (χ1v) is 13.3. The lowest BCUT2D eigenvalue weighted by Gasteiger charge is -2.28. The SMILES string of the molecule is C.CCCCCC1CCC(CCc2ccc(-c3ccc(F)c(F)c3Oc3cc(F)c(F)c(F)c3)cc2)CC1. The van der Waals surface area contributed by atoms with Gasteiger partial charge < -0.3 is 4.74 Å². The van der Waals surface area contributed by atoms with Crippen molar-refractivity contribution in [2.45, 2.75) is 78.6 Å². The average Bonchev–Trinajstić information content (AvgIpc) is 2.90. The van der Waals surface area contributed by atoms with Crippen LogP contribution in [-0.4, -0.2) is 0 Å². The highest BCUT2D eigenvalue weighted by Crippen LogP contribution is 2.38. The quantitative estimate of drug-likeness (QED) is 0.143. The van der Waals surface area contributed by atoms with Crippen LogP contribution in [0.2, 0.25) is 0 Å². The second-order valence-corrected chi connectivity index (χ2v) is 10.2. The number of hydrogen-bond acceptors (Lipinski definition) is 1. The zero-order valence-corrected chi connectivity index (χ0v) is 21.1. The van der Waals surface area contributed by atoms with Gasteiger partial charge in [-0.05, 0) is 47.9 Å². The third-order valence-electron chi connectivity index (χ3n) is 7.52. The fourth-order valence-electron chi connectivity index (χ4n) is 5.28. The second kappa shape index (κ2) is 13.8. The van der Waals surface area contributed by atoms with Crippen LogP contribution in [0.15, 0.2) is 48.5 Å². The summed E-state index contributed by atoms with van der Waals surface area (Å²) in [5, 5.41) is 0. The molecule has 206 valence electrons. The van der Waals surface area contributed by atoms with Crippen LogP contribution in [0, 0.1) is 40.9 Å². The second-order valence-electron chi connectivity index (χ2n) is 10.2. The fourth-order valence-corrected chi connectivity index (χ4v) is 5.28. The first-order valence-electron chi connectivity index (χ1n) is 13.3. The number of halogens is 5. The van der Waals surface area contributed by atoms with E-state index in [1.807, 2.05) is 12.1 Å². The van der Waals surface area contributed by atoms with Gasteiger partial charge in [0.05, 0.1) is 0 Å². The zero-order chi connectivity index (χ0) is 26.4. The molecule has 4 rings (SSSR count). The summed E-state index contributed by atoms with van der Waals surface area (Å²) in [6.45, 7) is 2.24. The van der Waals surface area contributed by atoms with E-state index in [2.05, 4.69) is 6.92 Å². The first kappa shape index (κ1) is 29.7. The molecule has 0 spiro atoms. The predicted molar refractivity (Wildman–Crippen MR) is 143 cm³/mol. The Kier molecular flexibility index (Phi) is 10.7. The van der Waals surface area contributed by atoms with Gasteiger partial charge in [0, 0.05) is 17.7 Å². The number of unbranched alkanes of at least 4 members (excludes halogenated alkanes) is 2. The lowest BCUT2D eigenvalue weighted by Crippen LogP contribution is -2.15. The van der Waals surface area contributed by atoms with Crippen LogP contribution >= 0.6 is 0 Å². The summed E-state index contributed by atoms with van der Waals surface area (Å²) in [6.07, 6.45) is 12.6. The van der Waals surface area contributed by atoms with Crippen molar-refractivity contribution in [3.63, 3.8) is 0 Å². The molecular formula is C32H37F5O. The van der Waals surface area contributed by atoms with Crippen molar-refractivity contribution >= 4 is 0 Å². The largest absolute Gasteiger partial charge is 0.453 e. The van der Waals surface area contributed by atoms with Crippen LogP contribution < -0.4 is 4.74 Å². The van der Waals surface area contributed by atoms with Crippen molar-refractivity contribution in [1.29, 1.82) is 0 Å². The number of rotatable bonds is 10. The van der Waals surface area contributed by atoms with Gasteiger partial charge in [0.2, 0.25) is 5.82 Å². The molecule has 0 aromatic heterocycles. The van der Waals surface area contributed by atoms with E-state index in [4.69, 9.17) is 4.74 Å². The van der Waals surface area contributed by atoms with E-state index in [1.54, 1.807) is 12.1 Å². The highest BCUT2D eigenvalue weighted by atomic mass is 19.2. The minimum Gasteiger partial charge on any atom is -0.453 e. The number of benzene rings is 3. The molecular weight excluding hydrogens is 495 g/mol. The molecule has 1 nitrogen and oxygen atoms in total. The Morgan fingerprint density at radius 3 is 1.92 bits per heavy atom. The predicted octanol–water partition coefficient (Wildman–Crippen LogP) is 10.8. The first-order chi connectivity index (χ1) is 17.9. The lowest BCUT2D eigenvalue weighted by atomic mass is 9.78. The number of aryl methyl sites for hydroxylation is 1. The van der Waals surface area contributed by atoms with E-state index in [0.29, 0.717) is 17.7 Å². The van der Waals surface area contributed by atoms with Gasteiger partial charge in [-0.25, -0.2) is 17.6 Å². The van der Waals surface area contributed by atoms with Crippen molar-refractivity contribution in [2.75, 3.05) is 0 Å². The summed E-state index contributed by atoms with van der Waals surface area (Å²) < 4.78 is 74.5. The Labute approximate surface area is 223 Å². The number of ether oxygens (including phenoxy) is 1. The normalized spacial score (nSPS) is 17.2. The molecule has 0 bridgehead atoms. The topological polar surface area (TPSA) is 9.23 Å². The van der Waals surface area contributed by atoms with Crippen molar-refractivity contribution in [3.05, 3.63) is 83.2 Å². The van der Waals surface area contributed by atoms with Crippen molar-refractivity contribution in [2.24, 2.45) is 11.8 Å². The Morgan fingerprint density at radius 1 is 0.711 bits per heavy atom. The van der Waals surface area contributed by atoms with Gasteiger partial charge in [0.1, 0.15) is 5.75 Å². The van der Waals surface area contributed by atoms with E-state index in [9.17, 15) is 22.0 Å². The van der Waals surface area contributed by atoms with Crippen molar-refractivity contribution < 1.29 is 26.7 Å². The van der Waals surface area contributed by atoms with Gasteiger partial charge in [-0.3, -0.25) is 0 Å². The van der Waals surface area contributed by atoms with E-state index in [-0.39, 0.29) is 13.0 Å². The molecule has 38 heavy (non-hydrogen) atoms. The molecule has 0 atom stereocenters. The number of hydrogen-bond donors (Lipinski definition) is 0. The maximum atomic E-state index is 14.7. The van der Waals surface area contributed by atoms with E-state index >= 15 is 0 Å². The molecule has 1 saturated carbocycles. The molecule has 0 N–H and O–H groups in total. The van der Waals surface area contributed by atoms with Gasteiger partial charge in [-0.15, -0.1) is 0 Å². The van der Waals surface area contributed by atoms with Crippen molar-refractivity contribution in [3.8, 4) is 22.6 Å². The van der Waals surface area contributed by atoms with Gasteiger partial charge in [0.15, 0.2) is 29.0 Å². The zero-order valence-electron chi connectivity index (χ0n) is 21.1. The smallest absolute Gasteiger partial charge is 0.201 e. The van der Waals surface area contributed by atoms with Gasteiger partial charge in [0.25, 0.3) is 0 Å². The maximum absolute atomic E-state index is 14.7. The van der Waals surface area contributed by atoms with Crippen LogP contribution in [0.5, 0.6) is 11.5 Å².